The third-order valence-corrected chi connectivity index (χ3v) is 7.12. The van der Waals surface area contributed by atoms with Crippen LogP contribution in [0.1, 0.15) is 56.1 Å². The van der Waals surface area contributed by atoms with E-state index in [9.17, 15) is 14.4 Å². The quantitative estimate of drug-likeness (QED) is 0.547. The number of nitrogens with zero attached hydrogens (tertiary/aromatic N) is 1. The Balaban J connectivity index is 1.32. The minimum Gasteiger partial charge on any atom is -0.481 e. The number of fused-ring (bicyclic) bond motifs is 3. The van der Waals surface area contributed by atoms with Crippen LogP contribution in [0.15, 0.2) is 48.5 Å². The van der Waals surface area contributed by atoms with Crippen LogP contribution in [0.25, 0.3) is 11.1 Å². The van der Waals surface area contributed by atoms with E-state index in [1.54, 1.807) is 4.90 Å². The fraction of sp³-hybridized carbons (Fsp3) is 0.464. The van der Waals surface area contributed by atoms with Gasteiger partial charge in [0.05, 0.1) is 5.92 Å². The third-order valence-electron chi connectivity index (χ3n) is 7.12. The number of likely N-dealkylation sites (tertiary alicyclic amines) is 1. The summed E-state index contributed by atoms with van der Waals surface area (Å²) >= 11 is 0. The van der Waals surface area contributed by atoms with Crippen molar-refractivity contribution in [2.75, 3.05) is 26.2 Å². The molecular weight excluding hydrogens is 444 g/mol. The lowest BCUT2D eigenvalue weighted by Crippen LogP contribution is -2.46. The third kappa shape index (κ3) is 5.84. The molecule has 2 unspecified atom stereocenters. The fourth-order valence-electron chi connectivity index (χ4n) is 5.45. The number of nitrogens with one attached hydrogen (secondary N) is 1. The summed E-state index contributed by atoms with van der Waals surface area (Å²) in [5, 5.41) is 11.9. The van der Waals surface area contributed by atoms with E-state index in [2.05, 4.69) is 29.6 Å². The lowest BCUT2D eigenvalue weighted by atomic mass is 9.93. The Morgan fingerprint density at radius 2 is 1.74 bits per heavy atom. The average Bonchev–Trinajstić information content (AvgIpc) is 3.18. The molecule has 0 spiro atoms. The first-order chi connectivity index (χ1) is 17.0. The van der Waals surface area contributed by atoms with Gasteiger partial charge >= 0.3 is 12.1 Å². The zero-order valence-corrected chi connectivity index (χ0v) is 20.2. The van der Waals surface area contributed by atoms with Gasteiger partial charge in [-0.1, -0.05) is 61.9 Å². The topological polar surface area (TPSA) is 95.9 Å². The lowest BCUT2D eigenvalue weighted by molar-refractivity contribution is -0.142. The van der Waals surface area contributed by atoms with Gasteiger partial charge in [-0.2, -0.15) is 0 Å². The molecule has 1 heterocycles. The monoisotopic (exact) mass is 478 g/mol. The van der Waals surface area contributed by atoms with Crippen molar-refractivity contribution in [2.45, 2.75) is 44.9 Å². The number of carboxylic acids is 1. The molecule has 35 heavy (non-hydrogen) atoms. The van der Waals surface area contributed by atoms with Crippen molar-refractivity contribution >= 4 is 18.0 Å². The molecule has 1 aliphatic heterocycles. The molecule has 2 atom stereocenters. The number of carbonyl (C=O) groups excluding carboxylic acids is 2. The van der Waals surface area contributed by atoms with Crippen molar-refractivity contribution in [1.29, 1.82) is 0 Å². The molecule has 186 valence electrons. The number of aliphatic carboxylic acids is 1. The lowest BCUT2D eigenvalue weighted by Gasteiger charge is -2.34. The summed E-state index contributed by atoms with van der Waals surface area (Å²) in [5.74, 6) is -1.21. The number of carbonyl (C=O) groups is 3. The Kier molecular flexibility index (Phi) is 8.06. The standard InChI is InChI=1S/C28H34N2O5/c1-2-8-20(27(33)30-14-7-9-19(17-30)15-26(31)32)16-29-28(34)35-18-25-23-12-5-3-10-21(23)22-11-4-6-13-24(22)25/h3-6,10-13,19-20,25H,2,7-9,14-18H2,1H3,(H,29,34)(H,31,32). The van der Waals surface area contributed by atoms with E-state index >= 15 is 0 Å². The van der Waals surface area contributed by atoms with Crippen molar-refractivity contribution in [1.82, 2.24) is 10.2 Å². The van der Waals surface area contributed by atoms with Crippen LogP contribution >= 0.6 is 0 Å². The molecule has 7 nitrogen and oxygen atoms in total. The minimum absolute atomic E-state index is 0.0115. The van der Waals surface area contributed by atoms with Crippen LogP contribution < -0.4 is 5.32 Å². The number of rotatable bonds is 9. The molecule has 0 aromatic heterocycles. The Hall–Kier alpha value is -3.35. The predicted octanol–water partition coefficient (Wildman–Crippen LogP) is 4.65. The van der Waals surface area contributed by atoms with Gasteiger partial charge in [-0.05, 0) is 47.4 Å². The Morgan fingerprint density at radius 3 is 2.37 bits per heavy atom. The number of piperidine rings is 1. The molecule has 0 radical (unpaired) electrons. The SMILES string of the molecule is CCCC(CNC(=O)OCC1c2ccccc2-c2ccccc21)C(=O)N1CCCC(CC(=O)O)C1. The number of hydrogen-bond acceptors (Lipinski definition) is 4. The highest BCUT2D eigenvalue weighted by Gasteiger charge is 2.31. The number of amides is 2. The Morgan fingerprint density at radius 1 is 1.09 bits per heavy atom. The molecule has 7 heteroatoms. The zero-order valence-electron chi connectivity index (χ0n) is 20.2. The first-order valence-electron chi connectivity index (χ1n) is 12.6. The van der Waals surface area contributed by atoms with Crippen LogP contribution in [0.3, 0.4) is 0 Å². The van der Waals surface area contributed by atoms with E-state index < -0.39 is 12.1 Å². The van der Waals surface area contributed by atoms with Gasteiger partial charge in [0.2, 0.25) is 5.91 Å². The van der Waals surface area contributed by atoms with E-state index in [0.29, 0.717) is 19.5 Å². The highest BCUT2D eigenvalue weighted by Crippen LogP contribution is 2.44. The van der Waals surface area contributed by atoms with E-state index in [1.165, 1.54) is 11.1 Å². The summed E-state index contributed by atoms with van der Waals surface area (Å²) < 4.78 is 5.61. The first-order valence-corrected chi connectivity index (χ1v) is 12.6. The van der Waals surface area contributed by atoms with Gasteiger partial charge in [0.15, 0.2) is 0 Å². The van der Waals surface area contributed by atoms with Crippen LogP contribution in [0.2, 0.25) is 0 Å². The molecule has 1 saturated heterocycles. The average molecular weight is 479 g/mol. The maximum absolute atomic E-state index is 13.2. The molecule has 2 aromatic rings. The molecular formula is C28H34N2O5. The number of alkyl carbamates (subject to hydrolysis) is 1. The van der Waals surface area contributed by atoms with E-state index in [0.717, 1.165) is 30.4 Å². The highest BCUT2D eigenvalue weighted by atomic mass is 16.5. The smallest absolute Gasteiger partial charge is 0.407 e. The fourth-order valence-corrected chi connectivity index (χ4v) is 5.45. The van der Waals surface area contributed by atoms with E-state index in [-0.39, 0.29) is 43.2 Å². The molecule has 4 rings (SSSR count). The predicted molar refractivity (Wildman–Crippen MR) is 133 cm³/mol. The second-order valence-corrected chi connectivity index (χ2v) is 9.58. The number of benzene rings is 2. The maximum Gasteiger partial charge on any atom is 0.407 e. The Labute approximate surface area is 206 Å². The molecule has 1 fully saturated rings. The number of ether oxygens (including phenoxy) is 1. The summed E-state index contributed by atoms with van der Waals surface area (Å²) in [4.78, 5) is 38.6. The molecule has 2 amide bonds. The van der Waals surface area contributed by atoms with Crippen LogP contribution in [-0.4, -0.2) is 54.2 Å². The largest absolute Gasteiger partial charge is 0.481 e. The van der Waals surface area contributed by atoms with Gasteiger partial charge in [0.25, 0.3) is 0 Å². The summed E-state index contributed by atoms with van der Waals surface area (Å²) in [5.41, 5.74) is 4.66. The van der Waals surface area contributed by atoms with Crippen LogP contribution in [-0.2, 0) is 14.3 Å². The summed E-state index contributed by atoms with van der Waals surface area (Å²) in [7, 11) is 0. The zero-order chi connectivity index (χ0) is 24.8. The van der Waals surface area contributed by atoms with Crippen molar-refractivity contribution in [3.63, 3.8) is 0 Å². The summed E-state index contributed by atoms with van der Waals surface area (Å²) in [6.07, 6.45) is 2.66. The van der Waals surface area contributed by atoms with Gasteiger partial charge in [0, 0.05) is 32.0 Å². The second kappa shape index (κ2) is 11.4. The van der Waals surface area contributed by atoms with Crippen molar-refractivity contribution in [2.24, 2.45) is 11.8 Å². The summed E-state index contributed by atoms with van der Waals surface area (Å²) in [6, 6.07) is 16.4. The molecule has 2 N–H and O–H groups in total. The molecule has 0 saturated carbocycles. The summed E-state index contributed by atoms with van der Waals surface area (Å²) in [6.45, 7) is 3.56. The van der Waals surface area contributed by atoms with Crippen LogP contribution in [0.5, 0.6) is 0 Å². The number of hydrogen-bond donors (Lipinski definition) is 2. The van der Waals surface area contributed by atoms with Gasteiger partial charge in [0.1, 0.15) is 6.61 Å². The van der Waals surface area contributed by atoms with Gasteiger partial charge < -0.3 is 20.1 Å². The van der Waals surface area contributed by atoms with Gasteiger partial charge in [-0.25, -0.2) is 4.79 Å². The Bertz CT molecular complexity index is 1020. The highest BCUT2D eigenvalue weighted by molar-refractivity contribution is 5.81. The normalized spacial score (nSPS) is 17.9. The molecule has 0 bridgehead atoms. The van der Waals surface area contributed by atoms with Crippen molar-refractivity contribution in [3.05, 3.63) is 59.7 Å². The minimum atomic E-state index is -0.827. The molecule has 2 aliphatic rings. The number of carboxylic acid groups (broad SMARTS) is 1. The second-order valence-electron chi connectivity index (χ2n) is 9.58. The van der Waals surface area contributed by atoms with Crippen molar-refractivity contribution in [3.8, 4) is 11.1 Å². The molecule has 2 aromatic carbocycles. The van der Waals surface area contributed by atoms with Gasteiger partial charge in [-0.15, -0.1) is 0 Å². The van der Waals surface area contributed by atoms with Gasteiger partial charge in [-0.3, -0.25) is 9.59 Å². The maximum atomic E-state index is 13.2. The van der Waals surface area contributed by atoms with Crippen LogP contribution in [0.4, 0.5) is 4.79 Å². The van der Waals surface area contributed by atoms with E-state index in [4.69, 9.17) is 9.84 Å². The van der Waals surface area contributed by atoms with Crippen LogP contribution in [0, 0.1) is 11.8 Å². The molecule has 1 aliphatic carbocycles. The first kappa shape index (κ1) is 24.8. The van der Waals surface area contributed by atoms with E-state index in [1.807, 2.05) is 31.2 Å². The van der Waals surface area contributed by atoms with Crippen molar-refractivity contribution < 1.29 is 24.2 Å².